The zero-order valence-corrected chi connectivity index (χ0v) is 19.5. The quantitative estimate of drug-likeness (QED) is 0.694. The van der Waals surface area contributed by atoms with Gasteiger partial charge in [-0.05, 0) is 60.2 Å². The molecule has 0 amide bonds. The molecule has 0 radical (unpaired) electrons. The number of piperidine rings is 1. The topological polar surface area (TPSA) is 80.8 Å². The zero-order valence-electron chi connectivity index (χ0n) is 17.8. The van der Waals surface area contributed by atoms with E-state index in [9.17, 15) is 16.8 Å². The van der Waals surface area contributed by atoms with Crippen LogP contribution >= 0.6 is 0 Å². The molecule has 0 unspecified atom stereocenters. The van der Waals surface area contributed by atoms with E-state index in [-0.39, 0.29) is 41.1 Å². The van der Waals surface area contributed by atoms with E-state index < -0.39 is 25.1 Å². The number of methoxy groups -OCH3 is 1. The lowest BCUT2D eigenvalue weighted by molar-refractivity contribution is 0.345. The van der Waals surface area contributed by atoms with Crippen molar-refractivity contribution in [2.75, 3.05) is 20.2 Å². The van der Waals surface area contributed by atoms with E-state index in [0.717, 1.165) is 5.56 Å². The van der Waals surface area contributed by atoms with Crippen LogP contribution in [-0.4, -0.2) is 46.6 Å². The summed E-state index contributed by atoms with van der Waals surface area (Å²) in [6.45, 7) is 6.59. The Labute approximate surface area is 179 Å². The molecular weight excluding hydrogens is 422 g/mol. The average molecular weight is 452 g/mol. The Morgan fingerprint density at radius 3 is 1.80 bits per heavy atom. The highest BCUT2D eigenvalue weighted by molar-refractivity contribution is 7.92. The zero-order chi connectivity index (χ0) is 22.2. The molecule has 3 rings (SSSR count). The van der Waals surface area contributed by atoms with Gasteiger partial charge in [-0.15, -0.1) is 0 Å². The Morgan fingerprint density at radius 2 is 1.33 bits per heavy atom. The maximum Gasteiger partial charge on any atom is 0.243 e. The molecule has 0 aliphatic carbocycles. The first-order valence-corrected chi connectivity index (χ1v) is 12.9. The van der Waals surface area contributed by atoms with E-state index in [1.54, 1.807) is 24.3 Å². The first-order chi connectivity index (χ1) is 14.0. The van der Waals surface area contributed by atoms with Gasteiger partial charge in [0, 0.05) is 13.1 Å². The summed E-state index contributed by atoms with van der Waals surface area (Å²) in [5.41, 5.74) is 1.00. The summed E-state index contributed by atoms with van der Waals surface area (Å²) < 4.78 is 58.4. The lowest BCUT2D eigenvalue weighted by Crippen LogP contribution is -2.42. The summed E-state index contributed by atoms with van der Waals surface area (Å²) in [6.07, 6.45) is 0.543. The van der Waals surface area contributed by atoms with Gasteiger partial charge >= 0.3 is 0 Å². The van der Waals surface area contributed by atoms with E-state index in [0.29, 0.717) is 5.75 Å². The Bertz CT molecular complexity index is 1080. The molecule has 1 saturated heterocycles. The molecule has 1 aliphatic rings. The number of nitrogens with zero attached hydrogens (tertiary/aromatic N) is 1. The molecule has 164 valence electrons. The third-order valence-electron chi connectivity index (χ3n) is 5.59. The highest BCUT2D eigenvalue weighted by Crippen LogP contribution is 2.29. The molecule has 8 heteroatoms. The van der Waals surface area contributed by atoms with Crippen LogP contribution < -0.4 is 4.74 Å². The van der Waals surface area contributed by atoms with Crippen molar-refractivity contribution in [2.24, 2.45) is 0 Å². The van der Waals surface area contributed by atoms with Crippen molar-refractivity contribution in [3.63, 3.8) is 0 Å². The summed E-state index contributed by atoms with van der Waals surface area (Å²) in [7, 11) is -5.64. The predicted octanol–water partition coefficient (Wildman–Crippen LogP) is 3.62. The molecule has 30 heavy (non-hydrogen) atoms. The summed E-state index contributed by atoms with van der Waals surface area (Å²) in [4.78, 5) is 0.481. The number of sulfone groups is 1. The van der Waals surface area contributed by atoms with Gasteiger partial charge in [0.05, 0.1) is 22.2 Å². The average Bonchev–Trinajstić information content (AvgIpc) is 2.73. The van der Waals surface area contributed by atoms with Gasteiger partial charge < -0.3 is 4.74 Å². The van der Waals surface area contributed by atoms with Crippen molar-refractivity contribution in [2.45, 2.75) is 54.1 Å². The van der Waals surface area contributed by atoms with Crippen LogP contribution in [0, 0.1) is 0 Å². The molecular formula is C22H29NO5S2. The highest BCUT2D eigenvalue weighted by Gasteiger charge is 2.35. The minimum Gasteiger partial charge on any atom is -0.497 e. The van der Waals surface area contributed by atoms with Crippen LogP contribution in [0.3, 0.4) is 0 Å². The fourth-order valence-corrected chi connectivity index (χ4v) is 6.82. The van der Waals surface area contributed by atoms with Crippen LogP contribution in [0.15, 0.2) is 58.3 Å². The van der Waals surface area contributed by atoms with Crippen LogP contribution in [-0.2, 0) is 25.3 Å². The Kier molecular flexibility index (Phi) is 6.32. The lowest BCUT2D eigenvalue weighted by Gasteiger charge is -2.31. The van der Waals surface area contributed by atoms with E-state index >= 15 is 0 Å². The highest BCUT2D eigenvalue weighted by atomic mass is 32.2. The molecule has 2 aromatic carbocycles. The molecule has 0 atom stereocenters. The van der Waals surface area contributed by atoms with Crippen molar-refractivity contribution in [3.8, 4) is 5.75 Å². The van der Waals surface area contributed by atoms with Gasteiger partial charge in [-0.25, -0.2) is 16.8 Å². The second-order valence-electron chi connectivity index (χ2n) is 8.60. The smallest absolute Gasteiger partial charge is 0.243 e. The number of benzene rings is 2. The fourth-order valence-electron chi connectivity index (χ4n) is 3.62. The van der Waals surface area contributed by atoms with Crippen LogP contribution in [0.5, 0.6) is 5.75 Å². The van der Waals surface area contributed by atoms with Gasteiger partial charge in [0.15, 0.2) is 9.84 Å². The molecule has 1 fully saturated rings. The Morgan fingerprint density at radius 1 is 0.833 bits per heavy atom. The molecule has 2 aromatic rings. The summed E-state index contributed by atoms with van der Waals surface area (Å²) in [5.74, 6) is 0.590. The third kappa shape index (κ3) is 4.55. The molecule has 0 aromatic heterocycles. The SMILES string of the molecule is COc1ccc(S(=O)(=O)C2CCN(S(=O)(=O)c3ccc(C(C)(C)C)cc3)CC2)cc1. The molecule has 0 spiro atoms. The van der Waals surface area contributed by atoms with Crippen LogP contribution in [0.4, 0.5) is 0 Å². The van der Waals surface area contributed by atoms with E-state index in [2.05, 4.69) is 20.8 Å². The summed E-state index contributed by atoms with van der Waals surface area (Å²) >= 11 is 0. The van der Waals surface area contributed by atoms with Gasteiger partial charge in [0.25, 0.3) is 0 Å². The van der Waals surface area contributed by atoms with E-state index in [4.69, 9.17) is 4.74 Å². The van der Waals surface area contributed by atoms with Crippen LogP contribution in [0.1, 0.15) is 39.2 Å². The van der Waals surface area contributed by atoms with Crippen LogP contribution in [0.25, 0.3) is 0 Å². The Hall–Kier alpha value is -1.90. The van der Waals surface area contributed by atoms with Gasteiger partial charge in [-0.3, -0.25) is 0 Å². The maximum atomic E-state index is 13.0. The van der Waals surface area contributed by atoms with Gasteiger partial charge in [-0.1, -0.05) is 32.9 Å². The van der Waals surface area contributed by atoms with Crippen molar-refractivity contribution in [1.29, 1.82) is 0 Å². The number of sulfonamides is 1. The summed E-state index contributed by atoms with van der Waals surface area (Å²) in [5, 5.41) is -0.597. The van der Waals surface area contributed by atoms with Gasteiger partial charge in [0.2, 0.25) is 10.0 Å². The minimum atomic E-state index is -3.64. The molecule has 0 saturated carbocycles. The molecule has 6 nitrogen and oxygen atoms in total. The Balaban J connectivity index is 1.72. The van der Waals surface area contributed by atoms with Crippen molar-refractivity contribution in [3.05, 3.63) is 54.1 Å². The minimum absolute atomic E-state index is 0.0591. The second-order valence-corrected chi connectivity index (χ2v) is 12.8. The molecule has 0 N–H and O–H groups in total. The fraction of sp³-hybridized carbons (Fsp3) is 0.455. The van der Waals surface area contributed by atoms with Crippen molar-refractivity contribution in [1.82, 2.24) is 4.31 Å². The largest absolute Gasteiger partial charge is 0.497 e. The van der Waals surface area contributed by atoms with Gasteiger partial charge in [-0.2, -0.15) is 4.31 Å². The normalized spacial score (nSPS) is 17.1. The van der Waals surface area contributed by atoms with Gasteiger partial charge in [0.1, 0.15) is 5.75 Å². The predicted molar refractivity (Wildman–Crippen MR) is 117 cm³/mol. The number of hydrogen-bond acceptors (Lipinski definition) is 5. The number of ether oxygens (including phenoxy) is 1. The third-order valence-corrected chi connectivity index (χ3v) is 9.78. The standard InChI is InChI=1S/C22H29NO5S2/c1-22(2,3)17-5-9-21(10-6-17)30(26,27)23-15-13-20(14-16-23)29(24,25)19-11-7-18(28-4)8-12-19/h5-12,20H,13-16H2,1-4H3. The first-order valence-electron chi connectivity index (χ1n) is 9.95. The molecule has 1 heterocycles. The maximum absolute atomic E-state index is 13.0. The van der Waals surface area contributed by atoms with Crippen LogP contribution in [0.2, 0.25) is 0 Å². The number of rotatable bonds is 5. The molecule has 0 bridgehead atoms. The summed E-state index contributed by atoms with van der Waals surface area (Å²) in [6, 6.07) is 13.3. The molecule has 1 aliphatic heterocycles. The monoisotopic (exact) mass is 451 g/mol. The first kappa shape index (κ1) is 22.8. The van der Waals surface area contributed by atoms with Crippen molar-refractivity contribution < 1.29 is 21.6 Å². The number of hydrogen-bond donors (Lipinski definition) is 0. The van der Waals surface area contributed by atoms with Crippen molar-refractivity contribution >= 4 is 19.9 Å². The lowest BCUT2D eigenvalue weighted by atomic mass is 9.87. The van der Waals surface area contributed by atoms with E-state index in [1.807, 2.05) is 12.1 Å². The van der Waals surface area contributed by atoms with E-state index in [1.165, 1.54) is 23.5 Å². The second kappa shape index (κ2) is 8.32.